The predicted molar refractivity (Wildman–Crippen MR) is 73.3 cm³/mol. The molecule has 1 rings (SSSR count). The van der Waals surface area contributed by atoms with E-state index in [0.29, 0.717) is 6.04 Å². The Morgan fingerprint density at radius 1 is 1.18 bits per heavy atom. The summed E-state index contributed by atoms with van der Waals surface area (Å²) < 4.78 is 5.05. The van der Waals surface area contributed by atoms with Crippen molar-refractivity contribution in [3.05, 3.63) is 35.4 Å². The van der Waals surface area contributed by atoms with Gasteiger partial charge in [0, 0.05) is 19.8 Å². The van der Waals surface area contributed by atoms with Crippen molar-refractivity contribution in [3.63, 3.8) is 0 Å². The molecule has 0 heterocycles. The molecule has 17 heavy (non-hydrogen) atoms. The molecular formula is C15H25NO. The third kappa shape index (κ3) is 5.33. The molecule has 0 bridgehead atoms. The fourth-order valence-corrected chi connectivity index (χ4v) is 1.94. The van der Waals surface area contributed by atoms with Crippen LogP contribution in [0, 0.1) is 6.92 Å². The van der Waals surface area contributed by atoms with Crippen LogP contribution in [0.4, 0.5) is 0 Å². The molecule has 0 aliphatic carbocycles. The van der Waals surface area contributed by atoms with Gasteiger partial charge in [0.2, 0.25) is 0 Å². The molecule has 1 unspecified atom stereocenters. The Balaban J connectivity index is 2.35. The van der Waals surface area contributed by atoms with E-state index in [2.05, 4.69) is 43.4 Å². The first-order chi connectivity index (χ1) is 8.27. The molecule has 96 valence electrons. The van der Waals surface area contributed by atoms with Crippen LogP contribution < -0.4 is 5.32 Å². The quantitative estimate of drug-likeness (QED) is 0.697. The first-order valence-electron chi connectivity index (χ1n) is 6.56. The van der Waals surface area contributed by atoms with Gasteiger partial charge >= 0.3 is 0 Å². The molecule has 0 aliphatic rings. The van der Waals surface area contributed by atoms with Gasteiger partial charge in [0.05, 0.1) is 0 Å². The highest BCUT2D eigenvalue weighted by molar-refractivity contribution is 5.23. The van der Waals surface area contributed by atoms with Crippen LogP contribution in [0.2, 0.25) is 0 Å². The number of rotatable bonds is 8. The maximum Gasteiger partial charge on any atom is 0.0462 e. The minimum Gasteiger partial charge on any atom is -0.385 e. The first-order valence-corrected chi connectivity index (χ1v) is 6.56. The Labute approximate surface area is 105 Å². The number of benzene rings is 1. The second kappa shape index (κ2) is 8.26. The molecule has 1 aromatic carbocycles. The van der Waals surface area contributed by atoms with Crippen molar-refractivity contribution in [2.45, 2.75) is 39.2 Å². The minimum absolute atomic E-state index is 0.484. The van der Waals surface area contributed by atoms with Crippen LogP contribution in [0.25, 0.3) is 0 Å². The Bertz CT molecular complexity index is 294. The fourth-order valence-electron chi connectivity index (χ4n) is 1.94. The summed E-state index contributed by atoms with van der Waals surface area (Å²) in [4.78, 5) is 0. The number of hydrogen-bond donors (Lipinski definition) is 1. The van der Waals surface area contributed by atoms with Crippen molar-refractivity contribution in [2.24, 2.45) is 0 Å². The maximum atomic E-state index is 5.05. The molecule has 0 fully saturated rings. The van der Waals surface area contributed by atoms with Gasteiger partial charge in [-0.3, -0.25) is 0 Å². The summed E-state index contributed by atoms with van der Waals surface area (Å²) in [5.74, 6) is 0. The second-order valence-corrected chi connectivity index (χ2v) is 4.53. The molecule has 0 spiro atoms. The summed E-state index contributed by atoms with van der Waals surface area (Å²) in [5, 5.41) is 3.61. The first kappa shape index (κ1) is 14.2. The van der Waals surface area contributed by atoms with Gasteiger partial charge in [0.25, 0.3) is 0 Å². The van der Waals surface area contributed by atoms with E-state index in [0.717, 1.165) is 26.0 Å². The number of methoxy groups -OCH3 is 1. The summed E-state index contributed by atoms with van der Waals surface area (Å²) in [5.41, 5.74) is 2.72. The van der Waals surface area contributed by atoms with Gasteiger partial charge in [0.1, 0.15) is 0 Å². The Morgan fingerprint density at radius 2 is 1.88 bits per heavy atom. The summed E-state index contributed by atoms with van der Waals surface area (Å²) in [6, 6.07) is 9.31. The van der Waals surface area contributed by atoms with E-state index in [1.807, 2.05) is 0 Å². The third-order valence-corrected chi connectivity index (χ3v) is 3.05. The SMILES string of the molecule is CCC(NCCCCOC)c1ccc(C)cc1. The van der Waals surface area contributed by atoms with Crippen molar-refractivity contribution in [1.82, 2.24) is 5.32 Å². The maximum absolute atomic E-state index is 5.05. The van der Waals surface area contributed by atoms with Gasteiger partial charge in [-0.15, -0.1) is 0 Å². The van der Waals surface area contributed by atoms with E-state index >= 15 is 0 Å². The number of ether oxygens (including phenoxy) is 1. The molecule has 2 heteroatoms. The van der Waals surface area contributed by atoms with Crippen LogP contribution in [-0.4, -0.2) is 20.3 Å². The zero-order valence-corrected chi connectivity index (χ0v) is 11.3. The summed E-state index contributed by atoms with van der Waals surface area (Å²) in [6.07, 6.45) is 3.44. The van der Waals surface area contributed by atoms with Gasteiger partial charge in [-0.2, -0.15) is 0 Å². The number of nitrogens with one attached hydrogen (secondary N) is 1. The average Bonchev–Trinajstić information content (AvgIpc) is 2.35. The second-order valence-electron chi connectivity index (χ2n) is 4.53. The van der Waals surface area contributed by atoms with Crippen molar-refractivity contribution >= 4 is 0 Å². The van der Waals surface area contributed by atoms with Crippen LogP contribution >= 0.6 is 0 Å². The summed E-state index contributed by atoms with van der Waals surface area (Å²) in [7, 11) is 1.76. The highest BCUT2D eigenvalue weighted by Crippen LogP contribution is 2.16. The van der Waals surface area contributed by atoms with E-state index in [1.54, 1.807) is 7.11 Å². The molecular weight excluding hydrogens is 210 g/mol. The summed E-state index contributed by atoms with van der Waals surface area (Å²) >= 11 is 0. The van der Waals surface area contributed by atoms with E-state index in [-0.39, 0.29) is 0 Å². The van der Waals surface area contributed by atoms with Crippen molar-refractivity contribution < 1.29 is 4.74 Å². The highest BCUT2D eigenvalue weighted by Gasteiger charge is 2.07. The zero-order chi connectivity index (χ0) is 12.5. The fraction of sp³-hybridized carbons (Fsp3) is 0.600. The van der Waals surface area contributed by atoms with Crippen LogP contribution in [0.1, 0.15) is 43.4 Å². The normalized spacial score (nSPS) is 12.6. The highest BCUT2D eigenvalue weighted by atomic mass is 16.5. The van der Waals surface area contributed by atoms with Crippen molar-refractivity contribution in [1.29, 1.82) is 0 Å². The monoisotopic (exact) mass is 235 g/mol. The molecule has 0 aliphatic heterocycles. The van der Waals surface area contributed by atoms with Crippen LogP contribution in [-0.2, 0) is 4.74 Å². The lowest BCUT2D eigenvalue weighted by atomic mass is 10.0. The smallest absolute Gasteiger partial charge is 0.0462 e. The number of unbranched alkanes of at least 4 members (excludes halogenated alkanes) is 1. The summed E-state index contributed by atoms with van der Waals surface area (Å²) in [6.45, 7) is 6.29. The minimum atomic E-state index is 0.484. The van der Waals surface area contributed by atoms with E-state index in [9.17, 15) is 0 Å². The molecule has 1 aromatic rings. The lowest BCUT2D eigenvalue weighted by molar-refractivity contribution is 0.192. The largest absolute Gasteiger partial charge is 0.385 e. The van der Waals surface area contributed by atoms with E-state index in [1.165, 1.54) is 17.5 Å². The van der Waals surface area contributed by atoms with Gasteiger partial charge in [-0.25, -0.2) is 0 Å². The van der Waals surface area contributed by atoms with E-state index in [4.69, 9.17) is 4.74 Å². The Hall–Kier alpha value is -0.860. The van der Waals surface area contributed by atoms with Crippen LogP contribution in [0.15, 0.2) is 24.3 Å². The van der Waals surface area contributed by atoms with Crippen molar-refractivity contribution in [3.8, 4) is 0 Å². The van der Waals surface area contributed by atoms with Crippen LogP contribution in [0.5, 0.6) is 0 Å². The standard InChI is InChI=1S/C15H25NO/c1-4-15(16-11-5-6-12-17-3)14-9-7-13(2)8-10-14/h7-10,15-16H,4-6,11-12H2,1-3H3. The molecule has 2 nitrogen and oxygen atoms in total. The Morgan fingerprint density at radius 3 is 2.47 bits per heavy atom. The molecule has 0 amide bonds. The van der Waals surface area contributed by atoms with Gasteiger partial charge in [0.15, 0.2) is 0 Å². The predicted octanol–water partition coefficient (Wildman–Crippen LogP) is 3.46. The number of hydrogen-bond acceptors (Lipinski definition) is 2. The average molecular weight is 235 g/mol. The van der Waals surface area contributed by atoms with Gasteiger partial charge < -0.3 is 10.1 Å². The Kier molecular flexibility index (Phi) is 6.90. The molecule has 0 radical (unpaired) electrons. The van der Waals surface area contributed by atoms with Gasteiger partial charge in [-0.1, -0.05) is 36.8 Å². The zero-order valence-electron chi connectivity index (χ0n) is 11.3. The lowest BCUT2D eigenvalue weighted by Crippen LogP contribution is -2.22. The van der Waals surface area contributed by atoms with Gasteiger partial charge in [-0.05, 0) is 38.3 Å². The van der Waals surface area contributed by atoms with Crippen molar-refractivity contribution in [2.75, 3.05) is 20.3 Å². The topological polar surface area (TPSA) is 21.3 Å². The molecule has 1 atom stereocenters. The molecule has 0 aromatic heterocycles. The number of aryl methyl sites for hydroxylation is 1. The van der Waals surface area contributed by atoms with Crippen LogP contribution in [0.3, 0.4) is 0 Å². The molecule has 0 saturated heterocycles. The lowest BCUT2D eigenvalue weighted by Gasteiger charge is -2.17. The molecule has 1 N–H and O–H groups in total. The van der Waals surface area contributed by atoms with E-state index < -0.39 is 0 Å². The third-order valence-electron chi connectivity index (χ3n) is 3.05. The molecule has 0 saturated carbocycles.